The maximum atomic E-state index is 3.53. The normalized spacial score (nSPS) is 17.7. The summed E-state index contributed by atoms with van der Waals surface area (Å²) in [4.78, 5) is 1.32. The summed E-state index contributed by atoms with van der Waals surface area (Å²) in [6, 6.07) is 6.61. The number of anilines is 1. The molecule has 0 aliphatic carbocycles. The molecule has 1 aromatic carbocycles. The Hall–Kier alpha value is -0.890. The highest BCUT2D eigenvalue weighted by molar-refractivity contribution is 7.98. The minimum atomic E-state index is 0.0674. The Morgan fingerprint density at radius 2 is 2.00 bits per heavy atom. The van der Waals surface area contributed by atoms with Crippen molar-refractivity contribution in [3.05, 3.63) is 29.8 Å². The van der Waals surface area contributed by atoms with E-state index in [2.05, 4.69) is 56.6 Å². The molecule has 0 bridgehead atoms. The minimum Gasteiger partial charge on any atom is -0.376 e. The predicted octanol–water partition coefficient (Wildman–Crippen LogP) is 4.02. The maximum Gasteiger partial charge on any atom is 0.0505 e. The molecule has 0 saturated heterocycles. The quantitative estimate of drug-likeness (QED) is 0.716. The first-order valence-corrected chi connectivity index (χ1v) is 6.40. The summed E-state index contributed by atoms with van der Waals surface area (Å²) in [5.41, 5.74) is 4.02. The Balaban J connectivity index is 2.51. The number of hydrogen-bond acceptors (Lipinski definition) is 2. The van der Waals surface area contributed by atoms with Gasteiger partial charge >= 0.3 is 0 Å². The molecule has 1 aromatic rings. The third kappa shape index (κ3) is 2.05. The van der Waals surface area contributed by atoms with Crippen molar-refractivity contribution in [2.24, 2.45) is 0 Å². The summed E-state index contributed by atoms with van der Waals surface area (Å²) >= 11 is 1.79. The fraction of sp³-hybridized carbons (Fsp3) is 0.385. The lowest BCUT2D eigenvalue weighted by atomic mass is 9.91. The monoisotopic (exact) mass is 219 g/mol. The number of thioether (sulfide) groups is 1. The van der Waals surface area contributed by atoms with Gasteiger partial charge in [0.05, 0.1) is 5.54 Å². The third-order valence-electron chi connectivity index (χ3n) is 2.69. The number of nitrogens with one attached hydrogen (secondary N) is 1. The van der Waals surface area contributed by atoms with Crippen LogP contribution in [0.2, 0.25) is 0 Å². The fourth-order valence-electron chi connectivity index (χ4n) is 2.09. The Morgan fingerprint density at radius 1 is 1.27 bits per heavy atom. The molecular weight excluding hydrogens is 202 g/mol. The van der Waals surface area contributed by atoms with Crippen LogP contribution in [-0.2, 0) is 0 Å². The van der Waals surface area contributed by atoms with Gasteiger partial charge in [0.1, 0.15) is 0 Å². The van der Waals surface area contributed by atoms with Gasteiger partial charge in [-0.3, -0.25) is 0 Å². The van der Waals surface area contributed by atoms with Gasteiger partial charge in [0.25, 0.3) is 0 Å². The second kappa shape index (κ2) is 3.60. The summed E-state index contributed by atoms with van der Waals surface area (Å²) in [6.45, 7) is 6.58. The average Bonchev–Trinajstić information content (AvgIpc) is 2.15. The second-order valence-corrected chi connectivity index (χ2v) is 5.47. The first kappa shape index (κ1) is 10.6. The van der Waals surface area contributed by atoms with Crippen molar-refractivity contribution in [1.29, 1.82) is 0 Å². The Kier molecular flexibility index (Phi) is 2.55. The number of allylic oxidation sites excluding steroid dienone is 1. The number of rotatable bonds is 1. The van der Waals surface area contributed by atoms with Crippen LogP contribution in [-0.4, -0.2) is 11.8 Å². The standard InChI is InChI=1S/C13H17NS/c1-9-8-13(2,3)14-12-6-5-10(15-4)7-11(9)12/h5-8,14H,1-4H3. The van der Waals surface area contributed by atoms with Crippen molar-refractivity contribution in [2.45, 2.75) is 31.2 Å². The molecule has 1 aliphatic rings. The molecule has 0 atom stereocenters. The third-order valence-corrected chi connectivity index (χ3v) is 3.41. The molecular formula is C13H17NS. The summed E-state index contributed by atoms with van der Waals surface area (Å²) in [7, 11) is 0. The molecule has 0 unspecified atom stereocenters. The van der Waals surface area contributed by atoms with Gasteiger partial charge in [-0.1, -0.05) is 6.08 Å². The predicted molar refractivity (Wildman–Crippen MR) is 69.6 cm³/mol. The van der Waals surface area contributed by atoms with Crippen LogP contribution in [0.3, 0.4) is 0 Å². The van der Waals surface area contributed by atoms with E-state index < -0.39 is 0 Å². The zero-order valence-electron chi connectivity index (χ0n) is 9.72. The largest absolute Gasteiger partial charge is 0.376 e. The van der Waals surface area contributed by atoms with Crippen molar-refractivity contribution >= 4 is 23.0 Å². The molecule has 0 saturated carbocycles. The summed E-state index contributed by atoms with van der Waals surface area (Å²) in [6.07, 6.45) is 4.40. The lowest BCUT2D eigenvalue weighted by Crippen LogP contribution is -2.31. The van der Waals surface area contributed by atoms with E-state index in [0.717, 1.165) is 0 Å². The molecule has 0 fully saturated rings. The van der Waals surface area contributed by atoms with Crippen LogP contribution in [0, 0.1) is 0 Å². The number of hydrogen-bond donors (Lipinski definition) is 1. The average molecular weight is 219 g/mol. The molecule has 80 valence electrons. The van der Waals surface area contributed by atoms with Crippen LogP contribution in [0.25, 0.3) is 5.57 Å². The zero-order chi connectivity index (χ0) is 11.1. The molecule has 1 aliphatic heterocycles. The van der Waals surface area contributed by atoms with E-state index in [4.69, 9.17) is 0 Å². The Morgan fingerprint density at radius 3 is 2.67 bits per heavy atom. The molecule has 1 N–H and O–H groups in total. The first-order chi connectivity index (χ1) is 7.02. The van der Waals surface area contributed by atoms with Crippen LogP contribution in [0.15, 0.2) is 29.2 Å². The Bertz CT molecular complexity index is 419. The molecule has 2 rings (SSSR count). The lowest BCUT2D eigenvalue weighted by Gasteiger charge is -2.31. The lowest BCUT2D eigenvalue weighted by molar-refractivity contribution is 0.707. The van der Waals surface area contributed by atoms with E-state index in [9.17, 15) is 0 Å². The van der Waals surface area contributed by atoms with Gasteiger partial charge in [0.2, 0.25) is 0 Å². The topological polar surface area (TPSA) is 12.0 Å². The summed E-state index contributed by atoms with van der Waals surface area (Å²) in [5, 5.41) is 3.53. The van der Waals surface area contributed by atoms with Crippen LogP contribution < -0.4 is 5.32 Å². The number of benzene rings is 1. The SMILES string of the molecule is CSc1ccc2c(c1)C(C)=CC(C)(C)N2. The van der Waals surface area contributed by atoms with Crippen LogP contribution >= 0.6 is 11.8 Å². The van der Waals surface area contributed by atoms with Gasteiger partial charge in [-0.15, -0.1) is 11.8 Å². The van der Waals surface area contributed by atoms with Crippen molar-refractivity contribution in [3.8, 4) is 0 Å². The van der Waals surface area contributed by atoms with E-state index in [0.29, 0.717) is 0 Å². The van der Waals surface area contributed by atoms with Gasteiger partial charge < -0.3 is 5.32 Å². The van der Waals surface area contributed by atoms with Gasteiger partial charge in [-0.05, 0) is 50.8 Å². The first-order valence-electron chi connectivity index (χ1n) is 5.18. The van der Waals surface area contributed by atoms with E-state index in [1.165, 1.54) is 21.7 Å². The highest BCUT2D eigenvalue weighted by atomic mass is 32.2. The van der Waals surface area contributed by atoms with Gasteiger partial charge in [-0.25, -0.2) is 0 Å². The number of fused-ring (bicyclic) bond motifs is 1. The van der Waals surface area contributed by atoms with E-state index in [1.54, 1.807) is 11.8 Å². The molecule has 1 nitrogen and oxygen atoms in total. The molecule has 0 radical (unpaired) electrons. The van der Waals surface area contributed by atoms with Crippen molar-refractivity contribution < 1.29 is 0 Å². The van der Waals surface area contributed by atoms with Gasteiger partial charge in [0.15, 0.2) is 0 Å². The van der Waals surface area contributed by atoms with Crippen molar-refractivity contribution in [3.63, 3.8) is 0 Å². The highest BCUT2D eigenvalue weighted by Gasteiger charge is 2.22. The fourth-order valence-corrected chi connectivity index (χ4v) is 2.53. The minimum absolute atomic E-state index is 0.0674. The summed E-state index contributed by atoms with van der Waals surface area (Å²) in [5.74, 6) is 0. The van der Waals surface area contributed by atoms with Crippen molar-refractivity contribution in [1.82, 2.24) is 0 Å². The molecule has 1 heterocycles. The van der Waals surface area contributed by atoms with Crippen LogP contribution in [0.5, 0.6) is 0 Å². The van der Waals surface area contributed by atoms with E-state index in [-0.39, 0.29) is 5.54 Å². The molecule has 15 heavy (non-hydrogen) atoms. The van der Waals surface area contributed by atoms with Crippen LogP contribution in [0.1, 0.15) is 26.3 Å². The Labute approximate surface area is 96.0 Å². The molecule has 0 spiro atoms. The van der Waals surface area contributed by atoms with Gasteiger partial charge in [0, 0.05) is 16.1 Å². The molecule has 0 aromatic heterocycles. The highest BCUT2D eigenvalue weighted by Crippen LogP contribution is 2.35. The smallest absolute Gasteiger partial charge is 0.0505 e. The summed E-state index contributed by atoms with van der Waals surface area (Å²) < 4.78 is 0. The van der Waals surface area contributed by atoms with Crippen molar-refractivity contribution in [2.75, 3.05) is 11.6 Å². The van der Waals surface area contributed by atoms with Gasteiger partial charge in [-0.2, -0.15) is 0 Å². The zero-order valence-corrected chi connectivity index (χ0v) is 10.5. The van der Waals surface area contributed by atoms with E-state index in [1.807, 2.05) is 0 Å². The van der Waals surface area contributed by atoms with E-state index >= 15 is 0 Å². The second-order valence-electron chi connectivity index (χ2n) is 4.59. The molecule has 0 amide bonds. The maximum absolute atomic E-state index is 3.53. The van der Waals surface area contributed by atoms with Crippen LogP contribution in [0.4, 0.5) is 5.69 Å². The molecule has 2 heteroatoms.